The molecule has 108 valence electrons. The van der Waals surface area contributed by atoms with E-state index in [1.165, 1.54) is 0 Å². The van der Waals surface area contributed by atoms with E-state index in [1.807, 2.05) is 0 Å². The summed E-state index contributed by atoms with van der Waals surface area (Å²) in [5.74, 6) is -0.656. The highest BCUT2D eigenvalue weighted by molar-refractivity contribution is 5.92. The first-order valence-electron chi connectivity index (χ1n) is 6.68. The van der Waals surface area contributed by atoms with Gasteiger partial charge in [-0.1, -0.05) is 25.5 Å². The molecule has 0 bridgehead atoms. The van der Waals surface area contributed by atoms with Crippen LogP contribution in [0.15, 0.2) is 12.4 Å². The number of aromatic carboxylic acids is 1. The van der Waals surface area contributed by atoms with Crippen LogP contribution in [0.1, 0.15) is 37.2 Å². The summed E-state index contributed by atoms with van der Waals surface area (Å²) >= 11 is 0. The maximum atomic E-state index is 11.3. The van der Waals surface area contributed by atoms with Gasteiger partial charge in [-0.15, -0.1) is 5.10 Å². The Kier molecular flexibility index (Phi) is 4.16. The normalized spacial score (nSPS) is 12.6. The lowest BCUT2D eigenvalue weighted by molar-refractivity contribution is 0.0691. The first-order chi connectivity index (χ1) is 9.52. The lowest BCUT2D eigenvalue weighted by atomic mass is 10.1. The fraction of sp³-hybridized carbons (Fsp3) is 0.538. The fourth-order valence-corrected chi connectivity index (χ4v) is 2.29. The van der Waals surface area contributed by atoms with Crippen molar-refractivity contribution in [1.82, 2.24) is 24.8 Å². The number of carboxylic acid groups (broad SMARTS) is 1. The predicted molar refractivity (Wildman–Crippen MR) is 73.3 cm³/mol. The molecule has 1 N–H and O–H groups in total. The highest BCUT2D eigenvalue weighted by atomic mass is 16.4. The van der Waals surface area contributed by atoms with Gasteiger partial charge in [-0.3, -0.25) is 4.68 Å². The van der Waals surface area contributed by atoms with Crippen LogP contribution in [0.2, 0.25) is 0 Å². The average molecular weight is 277 g/mol. The number of carboxylic acids is 1. The lowest BCUT2D eigenvalue weighted by Gasteiger charge is -2.11. The third kappa shape index (κ3) is 2.87. The summed E-state index contributed by atoms with van der Waals surface area (Å²) in [4.78, 5) is 11.3. The molecular weight excluding hydrogens is 258 g/mol. The second-order valence-electron chi connectivity index (χ2n) is 5.07. The minimum Gasteiger partial charge on any atom is -0.476 e. The molecule has 0 amide bonds. The molecule has 0 radical (unpaired) electrons. The van der Waals surface area contributed by atoms with E-state index in [0.29, 0.717) is 18.2 Å². The van der Waals surface area contributed by atoms with Gasteiger partial charge >= 0.3 is 5.97 Å². The zero-order valence-electron chi connectivity index (χ0n) is 11.9. The summed E-state index contributed by atoms with van der Waals surface area (Å²) in [5, 5.41) is 21.1. The van der Waals surface area contributed by atoms with Gasteiger partial charge in [0, 0.05) is 25.4 Å². The van der Waals surface area contributed by atoms with E-state index in [1.54, 1.807) is 28.8 Å². The van der Waals surface area contributed by atoms with Crippen LogP contribution >= 0.6 is 0 Å². The number of carbonyl (C=O) groups is 1. The molecule has 2 aromatic rings. The van der Waals surface area contributed by atoms with Crippen LogP contribution in [0.5, 0.6) is 0 Å². The van der Waals surface area contributed by atoms with Crippen molar-refractivity contribution in [3.8, 4) is 11.3 Å². The van der Waals surface area contributed by atoms with E-state index in [2.05, 4.69) is 29.3 Å². The zero-order valence-corrected chi connectivity index (χ0v) is 11.9. The van der Waals surface area contributed by atoms with Crippen LogP contribution in [0, 0.1) is 5.92 Å². The number of aryl methyl sites for hydroxylation is 1. The minimum atomic E-state index is -1.07. The second-order valence-corrected chi connectivity index (χ2v) is 5.07. The molecule has 0 aliphatic heterocycles. The van der Waals surface area contributed by atoms with Crippen molar-refractivity contribution in [3.05, 3.63) is 18.1 Å². The third-order valence-corrected chi connectivity index (χ3v) is 3.18. The summed E-state index contributed by atoms with van der Waals surface area (Å²) in [6, 6.07) is 0. The number of rotatable bonds is 6. The van der Waals surface area contributed by atoms with Gasteiger partial charge in [-0.2, -0.15) is 5.10 Å². The van der Waals surface area contributed by atoms with Gasteiger partial charge in [-0.05, 0) is 12.3 Å². The lowest BCUT2D eigenvalue weighted by Crippen LogP contribution is -2.11. The molecule has 2 heterocycles. The van der Waals surface area contributed by atoms with E-state index in [-0.39, 0.29) is 5.69 Å². The summed E-state index contributed by atoms with van der Waals surface area (Å²) in [7, 11) is 1.79. The first-order valence-corrected chi connectivity index (χ1v) is 6.68. The molecule has 0 aliphatic carbocycles. The van der Waals surface area contributed by atoms with Gasteiger partial charge in [0.05, 0.1) is 6.20 Å². The van der Waals surface area contributed by atoms with Crippen molar-refractivity contribution in [2.24, 2.45) is 13.0 Å². The molecule has 20 heavy (non-hydrogen) atoms. The first kappa shape index (κ1) is 14.2. The maximum Gasteiger partial charge on any atom is 0.358 e. The molecule has 1 atom stereocenters. The molecule has 7 heteroatoms. The molecule has 2 aromatic heterocycles. The summed E-state index contributed by atoms with van der Waals surface area (Å²) in [6.45, 7) is 4.90. The van der Waals surface area contributed by atoms with Crippen molar-refractivity contribution < 1.29 is 9.90 Å². The standard InChI is InChI=1S/C13H19N5O2/c1-4-5-9(2)7-18-12(10-6-14-17(3)8-10)11(13(19)20)15-16-18/h6,8-9H,4-5,7H2,1-3H3,(H,19,20). The number of aromatic nitrogens is 5. The van der Waals surface area contributed by atoms with E-state index in [4.69, 9.17) is 0 Å². The Morgan fingerprint density at radius 1 is 1.50 bits per heavy atom. The van der Waals surface area contributed by atoms with Gasteiger partial charge in [0.25, 0.3) is 0 Å². The van der Waals surface area contributed by atoms with Crippen molar-refractivity contribution in [1.29, 1.82) is 0 Å². The van der Waals surface area contributed by atoms with Crippen molar-refractivity contribution in [2.45, 2.75) is 33.2 Å². The topological polar surface area (TPSA) is 85.8 Å². The van der Waals surface area contributed by atoms with Gasteiger partial charge < -0.3 is 5.11 Å². The molecule has 2 rings (SSSR count). The van der Waals surface area contributed by atoms with Crippen molar-refractivity contribution in [2.75, 3.05) is 0 Å². The zero-order chi connectivity index (χ0) is 14.7. The third-order valence-electron chi connectivity index (χ3n) is 3.18. The molecular formula is C13H19N5O2. The Morgan fingerprint density at radius 2 is 2.25 bits per heavy atom. The second kappa shape index (κ2) is 5.85. The van der Waals surface area contributed by atoms with Gasteiger partial charge in [0.1, 0.15) is 5.69 Å². The van der Waals surface area contributed by atoms with Crippen molar-refractivity contribution in [3.63, 3.8) is 0 Å². The predicted octanol–water partition coefficient (Wildman–Crippen LogP) is 1.81. The SMILES string of the molecule is CCCC(C)Cn1nnc(C(=O)O)c1-c1cnn(C)c1. The summed E-state index contributed by atoms with van der Waals surface area (Å²) in [5.41, 5.74) is 1.22. The summed E-state index contributed by atoms with van der Waals surface area (Å²) in [6.07, 6.45) is 5.55. The van der Waals surface area contributed by atoms with Crippen molar-refractivity contribution >= 4 is 5.97 Å². The van der Waals surface area contributed by atoms with Gasteiger partial charge in [0.15, 0.2) is 5.69 Å². The summed E-state index contributed by atoms with van der Waals surface area (Å²) < 4.78 is 3.30. The monoisotopic (exact) mass is 277 g/mol. The van der Waals surface area contributed by atoms with Crippen LogP contribution in [0.3, 0.4) is 0 Å². The molecule has 0 saturated heterocycles. The maximum absolute atomic E-state index is 11.3. The molecule has 0 spiro atoms. The number of hydrogen-bond donors (Lipinski definition) is 1. The molecule has 0 aliphatic rings. The smallest absolute Gasteiger partial charge is 0.358 e. The highest BCUT2D eigenvalue weighted by Crippen LogP contribution is 2.23. The van der Waals surface area contributed by atoms with E-state index < -0.39 is 5.97 Å². The van der Waals surface area contributed by atoms with Gasteiger partial charge in [-0.25, -0.2) is 9.48 Å². The molecule has 7 nitrogen and oxygen atoms in total. The van der Waals surface area contributed by atoms with Crippen LogP contribution in [0.25, 0.3) is 11.3 Å². The highest BCUT2D eigenvalue weighted by Gasteiger charge is 2.22. The van der Waals surface area contributed by atoms with Crippen LogP contribution in [-0.2, 0) is 13.6 Å². The fourth-order valence-electron chi connectivity index (χ4n) is 2.29. The van der Waals surface area contributed by atoms with Crippen LogP contribution in [-0.4, -0.2) is 35.9 Å². The Balaban J connectivity index is 2.40. The molecule has 0 fully saturated rings. The number of hydrogen-bond acceptors (Lipinski definition) is 4. The average Bonchev–Trinajstić information content (AvgIpc) is 2.95. The Morgan fingerprint density at radius 3 is 2.80 bits per heavy atom. The Hall–Kier alpha value is -2.18. The van der Waals surface area contributed by atoms with Gasteiger partial charge in [0.2, 0.25) is 0 Å². The quantitative estimate of drug-likeness (QED) is 0.870. The Labute approximate surface area is 117 Å². The van der Waals surface area contributed by atoms with E-state index in [9.17, 15) is 9.90 Å². The molecule has 1 unspecified atom stereocenters. The number of nitrogens with zero attached hydrogens (tertiary/aromatic N) is 5. The van der Waals surface area contributed by atoms with Crippen LogP contribution in [0.4, 0.5) is 0 Å². The van der Waals surface area contributed by atoms with E-state index >= 15 is 0 Å². The minimum absolute atomic E-state index is 0.0262. The van der Waals surface area contributed by atoms with E-state index in [0.717, 1.165) is 18.4 Å². The molecule has 0 saturated carbocycles. The largest absolute Gasteiger partial charge is 0.476 e. The van der Waals surface area contributed by atoms with Crippen LogP contribution < -0.4 is 0 Å². The Bertz CT molecular complexity index is 602. The molecule has 0 aromatic carbocycles.